The molecule has 1 aromatic carbocycles. The van der Waals surface area contributed by atoms with E-state index >= 15 is 0 Å². The van der Waals surface area contributed by atoms with Gasteiger partial charge >= 0.3 is 6.36 Å². The van der Waals surface area contributed by atoms with Gasteiger partial charge in [0.15, 0.2) is 0 Å². The molecule has 176 valence electrons. The molecule has 0 unspecified atom stereocenters. The normalized spacial score (nSPS) is 16.1. The number of halogens is 3. The Kier molecular flexibility index (Phi) is 8.65. The van der Waals surface area contributed by atoms with Crippen LogP contribution in [0.15, 0.2) is 29.2 Å². The Labute approximate surface area is 177 Å². The van der Waals surface area contributed by atoms with Crippen LogP contribution in [0.5, 0.6) is 5.75 Å². The SMILES string of the molecule is O=C(CCNS(=O)(=O)c1ccc(OC(F)(F)F)cc1)NCCS(=O)(=O)N1CCOCC1. The fourth-order valence-electron chi connectivity index (χ4n) is 2.56. The molecule has 2 rings (SSSR count). The van der Waals surface area contributed by atoms with E-state index in [0.29, 0.717) is 13.2 Å². The molecule has 15 heteroatoms. The number of morpholine rings is 1. The number of ether oxygens (including phenoxy) is 2. The van der Waals surface area contributed by atoms with Crippen LogP contribution in [0.25, 0.3) is 0 Å². The smallest absolute Gasteiger partial charge is 0.406 e. The van der Waals surface area contributed by atoms with Crippen molar-refractivity contribution in [2.24, 2.45) is 0 Å². The average molecular weight is 489 g/mol. The van der Waals surface area contributed by atoms with Gasteiger partial charge in [-0.05, 0) is 24.3 Å². The molecule has 0 aromatic heterocycles. The highest BCUT2D eigenvalue weighted by molar-refractivity contribution is 7.89. The van der Waals surface area contributed by atoms with E-state index in [-0.39, 0.29) is 43.2 Å². The summed E-state index contributed by atoms with van der Waals surface area (Å²) in [6.07, 6.45) is -5.15. The minimum absolute atomic E-state index is 0.133. The quantitative estimate of drug-likeness (QED) is 0.474. The van der Waals surface area contributed by atoms with Crippen LogP contribution in [-0.2, 0) is 29.6 Å². The highest BCUT2D eigenvalue weighted by Crippen LogP contribution is 2.23. The standard InChI is InChI=1S/C16H22F3N3O7S2/c17-16(18,19)29-13-1-3-14(4-2-13)31(26,27)21-6-5-15(23)20-7-12-30(24,25)22-8-10-28-11-9-22/h1-4,21H,5-12H2,(H,20,23). The molecular formula is C16H22F3N3O7S2. The number of carbonyl (C=O) groups excluding carboxylic acids is 1. The fourth-order valence-corrected chi connectivity index (χ4v) is 4.92. The van der Waals surface area contributed by atoms with Crippen molar-refractivity contribution >= 4 is 26.0 Å². The molecule has 10 nitrogen and oxygen atoms in total. The number of benzene rings is 1. The highest BCUT2D eigenvalue weighted by atomic mass is 32.2. The van der Waals surface area contributed by atoms with Crippen LogP contribution >= 0.6 is 0 Å². The third-order valence-electron chi connectivity index (χ3n) is 4.06. The minimum atomic E-state index is -4.90. The zero-order chi connectivity index (χ0) is 23.1. The Bertz CT molecular complexity index is 946. The Morgan fingerprint density at radius 2 is 1.68 bits per heavy atom. The highest BCUT2D eigenvalue weighted by Gasteiger charge is 2.31. The molecule has 0 spiro atoms. The third-order valence-corrected chi connectivity index (χ3v) is 7.41. The first-order chi connectivity index (χ1) is 14.4. The average Bonchev–Trinajstić information content (AvgIpc) is 2.67. The first-order valence-electron chi connectivity index (χ1n) is 9.07. The minimum Gasteiger partial charge on any atom is -0.406 e. The summed E-state index contributed by atoms with van der Waals surface area (Å²) < 4.78 is 97.1. The molecule has 31 heavy (non-hydrogen) atoms. The lowest BCUT2D eigenvalue weighted by Crippen LogP contribution is -2.44. The summed E-state index contributed by atoms with van der Waals surface area (Å²) >= 11 is 0. The molecule has 2 N–H and O–H groups in total. The van der Waals surface area contributed by atoms with Crippen molar-refractivity contribution in [1.29, 1.82) is 0 Å². The molecule has 1 saturated heterocycles. The number of amides is 1. The monoisotopic (exact) mass is 489 g/mol. The summed E-state index contributed by atoms with van der Waals surface area (Å²) in [5.74, 6) is -1.43. The van der Waals surface area contributed by atoms with Crippen LogP contribution in [0.3, 0.4) is 0 Å². The molecule has 0 radical (unpaired) electrons. The summed E-state index contributed by atoms with van der Waals surface area (Å²) in [6.45, 7) is 0.702. The van der Waals surface area contributed by atoms with E-state index in [9.17, 15) is 34.8 Å². The molecule has 1 aliphatic rings. The summed E-state index contributed by atoms with van der Waals surface area (Å²) in [4.78, 5) is 11.5. The zero-order valence-corrected chi connectivity index (χ0v) is 17.9. The second-order valence-electron chi connectivity index (χ2n) is 6.34. The molecule has 1 aromatic rings. The number of rotatable bonds is 10. The van der Waals surface area contributed by atoms with Crippen molar-refractivity contribution in [1.82, 2.24) is 14.3 Å². The number of sulfonamides is 2. The molecule has 0 bridgehead atoms. The second kappa shape index (κ2) is 10.6. The number of nitrogens with one attached hydrogen (secondary N) is 2. The molecule has 0 atom stereocenters. The van der Waals surface area contributed by atoms with Crippen LogP contribution in [0.4, 0.5) is 13.2 Å². The molecule has 1 heterocycles. The van der Waals surface area contributed by atoms with Crippen molar-refractivity contribution in [2.45, 2.75) is 17.7 Å². The van der Waals surface area contributed by atoms with Crippen LogP contribution in [0, 0.1) is 0 Å². The van der Waals surface area contributed by atoms with Gasteiger partial charge in [-0.1, -0.05) is 0 Å². The van der Waals surface area contributed by atoms with Gasteiger partial charge in [-0.3, -0.25) is 4.79 Å². The van der Waals surface area contributed by atoms with Gasteiger partial charge in [0.2, 0.25) is 26.0 Å². The van der Waals surface area contributed by atoms with E-state index < -0.39 is 38.1 Å². The van der Waals surface area contributed by atoms with Crippen molar-refractivity contribution in [3.63, 3.8) is 0 Å². The maximum Gasteiger partial charge on any atom is 0.573 e. The molecule has 1 amide bonds. The van der Waals surface area contributed by atoms with Crippen LogP contribution in [0.2, 0.25) is 0 Å². The Morgan fingerprint density at radius 3 is 2.26 bits per heavy atom. The molecule has 0 aliphatic carbocycles. The van der Waals surface area contributed by atoms with Gasteiger partial charge in [-0.2, -0.15) is 4.31 Å². The predicted octanol–water partition coefficient (Wildman–Crippen LogP) is 0.0318. The lowest BCUT2D eigenvalue weighted by molar-refractivity contribution is -0.274. The van der Waals surface area contributed by atoms with E-state index in [1.54, 1.807) is 0 Å². The number of nitrogens with zero attached hydrogens (tertiary/aromatic N) is 1. The Hall–Kier alpha value is -1.94. The van der Waals surface area contributed by atoms with Crippen LogP contribution < -0.4 is 14.8 Å². The first-order valence-corrected chi connectivity index (χ1v) is 12.2. The van der Waals surface area contributed by atoms with E-state index in [0.717, 1.165) is 24.3 Å². The number of alkyl halides is 3. The Morgan fingerprint density at radius 1 is 1.06 bits per heavy atom. The van der Waals surface area contributed by atoms with Gasteiger partial charge in [0.25, 0.3) is 0 Å². The largest absolute Gasteiger partial charge is 0.573 e. The van der Waals surface area contributed by atoms with Crippen LogP contribution in [-0.4, -0.2) is 78.6 Å². The molecule has 1 aliphatic heterocycles. The fraction of sp³-hybridized carbons (Fsp3) is 0.562. The van der Waals surface area contributed by atoms with Gasteiger partial charge in [-0.25, -0.2) is 21.6 Å². The molecule has 0 saturated carbocycles. The lowest BCUT2D eigenvalue weighted by atomic mass is 10.3. The van der Waals surface area contributed by atoms with Crippen molar-refractivity contribution in [3.05, 3.63) is 24.3 Å². The predicted molar refractivity (Wildman–Crippen MR) is 102 cm³/mol. The van der Waals surface area contributed by atoms with Crippen molar-refractivity contribution in [2.75, 3.05) is 45.1 Å². The van der Waals surface area contributed by atoms with E-state index in [1.165, 1.54) is 4.31 Å². The van der Waals surface area contributed by atoms with Crippen molar-refractivity contribution in [3.8, 4) is 5.75 Å². The summed E-state index contributed by atoms with van der Waals surface area (Å²) in [5.41, 5.74) is 0. The summed E-state index contributed by atoms with van der Waals surface area (Å²) in [6, 6.07) is 3.56. The maximum absolute atomic E-state index is 12.1. The zero-order valence-electron chi connectivity index (χ0n) is 16.2. The summed E-state index contributed by atoms with van der Waals surface area (Å²) in [5, 5.41) is 2.40. The van der Waals surface area contributed by atoms with Gasteiger partial charge < -0.3 is 14.8 Å². The number of carbonyl (C=O) groups is 1. The molecular weight excluding hydrogens is 467 g/mol. The third kappa shape index (κ3) is 8.60. The number of hydrogen-bond donors (Lipinski definition) is 2. The van der Waals surface area contributed by atoms with E-state index in [1.807, 2.05) is 0 Å². The maximum atomic E-state index is 12.1. The van der Waals surface area contributed by atoms with Crippen molar-refractivity contribution < 1.29 is 44.3 Å². The number of hydrogen-bond acceptors (Lipinski definition) is 7. The lowest BCUT2D eigenvalue weighted by Gasteiger charge is -2.26. The van der Waals surface area contributed by atoms with Crippen LogP contribution in [0.1, 0.15) is 6.42 Å². The first kappa shape index (κ1) is 25.3. The van der Waals surface area contributed by atoms with Gasteiger partial charge in [0, 0.05) is 32.6 Å². The molecule has 1 fully saturated rings. The second-order valence-corrected chi connectivity index (χ2v) is 10.2. The van der Waals surface area contributed by atoms with E-state index in [2.05, 4.69) is 14.8 Å². The van der Waals surface area contributed by atoms with E-state index in [4.69, 9.17) is 4.74 Å². The van der Waals surface area contributed by atoms with Gasteiger partial charge in [0.05, 0.1) is 23.9 Å². The summed E-state index contributed by atoms with van der Waals surface area (Å²) in [7, 11) is -7.58. The Balaban J connectivity index is 1.74. The van der Waals surface area contributed by atoms with Gasteiger partial charge in [0.1, 0.15) is 5.75 Å². The van der Waals surface area contributed by atoms with Gasteiger partial charge in [-0.15, -0.1) is 13.2 Å². The topological polar surface area (TPSA) is 131 Å².